The summed E-state index contributed by atoms with van der Waals surface area (Å²) in [7, 11) is 0. The molecule has 118 valence electrons. The first-order valence-corrected chi connectivity index (χ1v) is 8.51. The van der Waals surface area contributed by atoms with Crippen molar-refractivity contribution in [2.45, 2.75) is 63.5 Å². The molecule has 2 heterocycles. The molecule has 0 aromatic rings. The van der Waals surface area contributed by atoms with Crippen LogP contribution in [0.5, 0.6) is 0 Å². The molecule has 4 heteroatoms. The Balaban J connectivity index is 1.66. The number of carbonyl (C=O) groups excluding carboxylic acids is 1. The molecular formula is C17H27NO3. The van der Waals surface area contributed by atoms with Gasteiger partial charge in [0.2, 0.25) is 5.91 Å². The number of aliphatic hydroxyl groups is 1. The van der Waals surface area contributed by atoms with Crippen LogP contribution in [0.1, 0.15) is 51.4 Å². The Labute approximate surface area is 127 Å². The van der Waals surface area contributed by atoms with Gasteiger partial charge in [0.15, 0.2) is 0 Å². The summed E-state index contributed by atoms with van der Waals surface area (Å²) in [6, 6.07) is 0.160. The monoisotopic (exact) mass is 293 g/mol. The Morgan fingerprint density at radius 1 is 1.19 bits per heavy atom. The molecule has 1 N–H and O–H groups in total. The summed E-state index contributed by atoms with van der Waals surface area (Å²) in [6.07, 6.45) is 10.2. The van der Waals surface area contributed by atoms with Crippen molar-refractivity contribution in [3.63, 3.8) is 0 Å². The molecule has 2 aliphatic heterocycles. The maximum atomic E-state index is 12.6. The second kappa shape index (κ2) is 6.93. The van der Waals surface area contributed by atoms with E-state index in [4.69, 9.17) is 4.74 Å². The van der Waals surface area contributed by atoms with Crippen LogP contribution < -0.4 is 0 Å². The molecule has 4 nitrogen and oxygen atoms in total. The smallest absolute Gasteiger partial charge is 0.246 e. The van der Waals surface area contributed by atoms with E-state index in [2.05, 4.69) is 0 Å². The fourth-order valence-corrected chi connectivity index (χ4v) is 4.04. The predicted molar refractivity (Wildman–Crippen MR) is 80.8 cm³/mol. The van der Waals surface area contributed by atoms with Gasteiger partial charge in [-0.1, -0.05) is 12.0 Å². The van der Waals surface area contributed by atoms with Gasteiger partial charge in [-0.05, 0) is 44.9 Å². The van der Waals surface area contributed by atoms with Crippen LogP contribution in [0.15, 0.2) is 11.6 Å². The summed E-state index contributed by atoms with van der Waals surface area (Å²) in [5.41, 5.74) is 1.32. The number of hydrogen-bond acceptors (Lipinski definition) is 3. The molecule has 0 radical (unpaired) electrons. The number of aliphatic hydroxyl groups excluding tert-OH is 1. The third kappa shape index (κ3) is 3.49. The maximum Gasteiger partial charge on any atom is 0.246 e. The lowest BCUT2D eigenvalue weighted by atomic mass is 9.89. The van der Waals surface area contributed by atoms with Gasteiger partial charge in [-0.3, -0.25) is 4.79 Å². The molecule has 21 heavy (non-hydrogen) atoms. The van der Waals surface area contributed by atoms with E-state index in [1.54, 1.807) is 0 Å². The van der Waals surface area contributed by atoms with Gasteiger partial charge in [0.25, 0.3) is 0 Å². The summed E-state index contributed by atoms with van der Waals surface area (Å²) < 4.78 is 5.53. The van der Waals surface area contributed by atoms with Crippen molar-refractivity contribution in [3.8, 4) is 0 Å². The number of rotatable bonds is 2. The quantitative estimate of drug-likeness (QED) is 0.795. The number of ether oxygens (including phenoxy) is 1. The van der Waals surface area contributed by atoms with Crippen molar-refractivity contribution in [1.82, 2.24) is 4.90 Å². The van der Waals surface area contributed by atoms with E-state index >= 15 is 0 Å². The first kappa shape index (κ1) is 15.0. The van der Waals surface area contributed by atoms with Gasteiger partial charge >= 0.3 is 0 Å². The van der Waals surface area contributed by atoms with Crippen LogP contribution in [0, 0.1) is 5.92 Å². The molecule has 3 unspecified atom stereocenters. The number of hydrogen-bond donors (Lipinski definition) is 1. The highest BCUT2D eigenvalue weighted by Crippen LogP contribution is 2.31. The molecule has 3 fully saturated rings. The van der Waals surface area contributed by atoms with Crippen LogP contribution in [0.3, 0.4) is 0 Å². The fraction of sp³-hybridized carbons (Fsp3) is 0.824. The minimum Gasteiger partial charge on any atom is -0.393 e. The molecule has 1 aliphatic carbocycles. The third-order valence-electron chi connectivity index (χ3n) is 5.26. The van der Waals surface area contributed by atoms with Crippen molar-refractivity contribution in [2.24, 2.45) is 5.92 Å². The van der Waals surface area contributed by atoms with Gasteiger partial charge in [-0.2, -0.15) is 0 Å². The lowest BCUT2D eigenvalue weighted by Crippen LogP contribution is -2.47. The number of carbonyl (C=O) groups is 1. The zero-order valence-corrected chi connectivity index (χ0v) is 12.8. The van der Waals surface area contributed by atoms with E-state index in [0.717, 1.165) is 32.2 Å². The van der Waals surface area contributed by atoms with Crippen molar-refractivity contribution in [3.05, 3.63) is 11.6 Å². The van der Waals surface area contributed by atoms with Gasteiger partial charge in [-0.15, -0.1) is 0 Å². The van der Waals surface area contributed by atoms with Crippen molar-refractivity contribution in [2.75, 3.05) is 19.8 Å². The largest absolute Gasteiger partial charge is 0.393 e. The van der Waals surface area contributed by atoms with Crippen molar-refractivity contribution < 1.29 is 14.6 Å². The SMILES string of the molecule is O=C(C=C1CCCCC1)N1CCCC1C1COCCC1O. The molecule has 3 aliphatic rings. The minimum absolute atomic E-state index is 0.0926. The highest BCUT2D eigenvalue weighted by molar-refractivity contribution is 5.88. The van der Waals surface area contributed by atoms with Gasteiger partial charge < -0.3 is 14.7 Å². The van der Waals surface area contributed by atoms with Crippen LogP contribution in [-0.2, 0) is 9.53 Å². The minimum atomic E-state index is -0.320. The molecule has 2 saturated heterocycles. The Kier molecular flexibility index (Phi) is 4.96. The van der Waals surface area contributed by atoms with Crippen LogP contribution in [-0.4, -0.2) is 47.8 Å². The van der Waals surface area contributed by atoms with E-state index in [1.165, 1.54) is 24.8 Å². The molecule has 0 aromatic carbocycles. The van der Waals surface area contributed by atoms with Crippen molar-refractivity contribution >= 4 is 5.91 Å². The highest BCUT2D eigenvalue weighted by atomic mass is 16.5. The molecule has 0 bridgehead atoms. The normalized spacial score (nSPS) is 34.0. The fourth-order valence-electron chi connectivity index (χ4n) is 4.04. The van der Waals surface area contributed by atoms with Crippen LogP contribution in [0.2, 0.25) is 0 Å². The molecule has 3 atom stereocenters. The number of nitrogens with zero attached hydrogens (tertiary/aromatic N) is 1. The second-order valence-corrected chi connectivity index (χ2v) is 6.70. The maximum absolute atomic E-state index is 12.6. The molecule has 1 saturated carbocycles. The first-order valence-electron chi connectivity index (χ1n) is 8.51. The lowest BCUT2D eigenvalue weighted by Gasteiger charge is -2.36. The number of likely N-dealkylation sites (tertiary alicyclic amines) is 1. The summed E-state index contributed by atoms with van der Waals surface area (Å²) in [4.78, 5) is 14.6. The summed E-state index contributed by atoms with van der Waals surface area (Å²) >= 11 is 0. The van der Waals surface area contributed by atoms with Gasteiger partial charge in [0.1, 0.15) is 0 Å². The average Bonchev–Trinajstić information content (AvgIpc) is 2.98. The average molecular weight is 293 g/mol. The second-order valence-electron chi connectivity index (χ2n) is 6.70. The van der Waals surface area contributed by atoms with E-state index in [9.17, 15) is 9.90 Å². The molecule has 0 aromatic heterocycles. The van der Waals surface area contributed by atoms with Gasteiger partial charge in [0, 0.05) is 31.2 Å². The number of allylic oxidation sites excluding steroid dienone is 1. The van der Waals surface area contributed by atoms with E-state index in [0.29, 0.717) is 19.6 Å². The first-order chi connectivity index (χ1) is 10.3. The lowest BCUT2D eigenvalue weighted by molar-refractivity contribution is -0.131. The summed E-state index contributed by atoms with van der Waals surface area (Å²) in [5, 5.41) is 10.2. The van der Waals surface area contributed by atoms with Crippen LogP contribution in [0.4, 0.5) is 0 Å². The predicted octanol–water partition coefficient (Wildman–Crippen LogP) is 2.27. The number of amides is 1. The zero-order valence-electron chi connectivity index (χ0n) is 12.8. The van der Waals surface area contributed by atoms with Crippen LogP contribution >= 0.6 is 0 Å². The third-order valence-corrected chi connectivity index (χ3v) is 5.26. The zero-order chi connectivity index (χ0) is 14.7. The molecular weight excluding hydrogens is 266 g/mol. The van der Waals surface area contributed by atoms with Crippen molar-refractivity contribution in [1.29, 1.82) is 0 Å². The molecule has 1 amide bonds. The highest BCUT2D eigenvalue weighted by Gasteiger charge is 2.39. The van der Waals surface area contributed by atoms with E-state index in [-0.39, 0.29) is 24.0 Å². The standard InChI is InChI=1S/C17H27NO3/c19-16-8-10-21-12-14(16)15-7-4-9-18(15)17(20)11-13-5-2-1-3-6-13/h11,14-16,19H,1-10,12H2. The van der Waals surface area contributed by atoms with Gasteiger partial charge in [0.05, 0.1) is 12.7 Å². The Hall–Kier alpha value is -0.870. The summed E-state index contributed by atoms with van der Waals surface area (Å²) in [5.74, 6) is 0.252. The topological polar surface area (TPSA) is 49.8 Å². The van der Waals surface area contributed by atoms with Crippen LogP contribution in [0.25, 0.3) is 0 Å². The Bertz CT molecular complexity index is 399. The van der Waals surface area contributed by atoms with E-state index in [1.807, 2.05) is 11.0 Å². The molecule has 0 spiro atoms. The van der Waals surface area contributed by atoms with Gasteiger partial charge in [-0.25, -0.2) is 0 Å². The Morgan fingerprint density at radius 3 is 2.76 bits per heavy atom. The van der Waals surface area contributed by atoms with E-state index < -0.39 is 0 Å². The molecule has 3 rings (SSSR count). The summed E-state index contributed by atoms with van der Waals surface area (Å²) in [6.45, 7) is 2.06. The Morgan fingerprint density at radius 2 is 2.00 bits per heavy atom.